The lowest BCUT2D eigenvalue weighted by atomic mass is 10.2. The van der Waals surface area contributed by atoms with Gasteiger partial charge in [0.2, 0.25) is 0 Å². The van der Waals surface area contributed by atoms with Crippen LogP contribution in [0.4, 0.5) is 8.78 Å². The van der Waals surface area contributed by atoms with Gasteiger partial charge in [0.25, 0.3) is 5.91 Å². The molecule has 24 heavy (non-hydrogen) atoms. The van der Waals surface area contributed by atoms with Crippen molar-refractivity contribution < 1.29 is 13.6 Å². The average molecular weight is 394 g/mol. The van der Waals surface area contributed by atoms with E-state index >= 15 is 0 Å². The summed E-state index contributed by atoms with van der Waals surface area (Å²) < 4.78 is 29.1. The van der Waals surface area contributed by atoms with Crippen LogP contribution in [-0.2, 0) is 6.54 Å². The highest BCUT2D eigenvalue weighted by molar-refractivity contribution is 9.10. The van der Waals surface area contributed by atoms with Gasteiger partial charge >= 0.3 is 0 Å². The third-order valence-corrected chi connectivity index (χ3v) is 3.71. The predicted molar refractivity (Wildman–Crippen MR) is 84.4 cm³/mol. The van der Waals surface area contributed by atoms with Gasteiger partial charge in [0.15, 0.2) is 5.82 Å². The zero-order valence-corrected chi connectivity index (χ0v) is 13.7. The number of amides is 1. The van der Waals surface area contributed by atoms with E-state index in [9.17, 15) is 13.6 Å². The second-order valence-electron chi connectivity index (χ2n) is 4.79. The molecule has 0 radical (unpaired) electrons. The van der Waals surface area contributed by atoms with Crippen molar-refractivity contribution in [2.24, 2.45) is 0 Å². The fraction of sp³-hybridized carbons (Fsp3) is 0.0667. The molecule has 1 heterocycles. The van der Waals surface area contributed by atoms with Gasteiger partial charge in [0.1, 0.15) is 11.6 Å². The molecule has 0 aliphatic rings. The Morgan fingerprint density at radius 2 is 1.92 bits per heavy atom. The van der Waals surface area contributed by atoms with E-state index in [2.05, 4.69) is 36.8 Å². The zero-order chi connectivity index (χ0) is 17.1. The van der Waals surface area contributed by atoms with Crippen LogP contribution < -0.4 is 5.32 Å². The number of nitrogens with zero attached hydrogens (tertiary/aromatic N) is 4. The van der Waals surface area contributed by atoms with Crippen LogP contribution in [0.5, 0.6) is 0 Å². The van der Waals surface area contributed by atoms with Crippen LogP contribution in [0.15, 0.2) is 46.9 Å². The Kier molecular flexibility index (Phi) is 4.61. The van der Waals surface area contributed by atoms with Crippen LogP contribution in [0.1, 0.15) is 16.2 Å². The van der Waals surface area contributed by atoms with E-state index in [0.29, 0.717) is 11.5 Å². The maximum absolute atomic E-state index is 13.6. The van der Waals surface area contributed by atoms with Gasteiger partial charge in [-0.2, -0.15) is 4.68 Å². The molecule has 3 rings (SSSR count). The van der Waals surface area contributed by atoms with Crippen molar-refractivity contribution in [2.75, 3.05) is 0 Å². The normalized spacial score (nSPS) is 10.6. The van der Waals surface area contributed by atoms with E-state index in [4.69, 9.17) is 0 Å². The highest BCUT2D eigenvalue weighted by atomic mass is 79.9. The van der Waals surface area contributed by atoms with E-state index in [1.165, 1.54) is 4.68 Å². The fourth-order valence-corrected chi connectivity index (χ4v) is 2.29. The average Bonchev–Trinajstić information content (AvgIpc) is 3.04. The minimum absolute atomic E-state index is 0.0438. The number of hydrogen-bond donors (Lipinski definition) is 1. The van der Waals surface area contributed by atoms with Crippen LogP contribution in [-0.4, -0.2) is 26.1 Å². The van der Waals surface area contributed by atoms with Gasteiger partial charge < -0.3 is 5.32 Å². The smallest absolute Gasteiger partial charge is 0.254 e. The van der Waals surface area contributed by atoms with Crippen molar-refractivity contribution in [3.63, 3.8) is 0 Å². The Labute approximate surface area is 143 Å². The topological polar surface area (TPSA) is 72.7 Å². The lowest BCUT2D eigenvalue weighted by Gasteiger charge is -2.07. The molecule has 1 amide bonds. The molecule has 0 atom stereocenters. The molecule has 0 saturated heterocycles. The lowest BCUT2D eigenvalue weighted by molar-refractivity contribution is 0.0945. The summed E-state index contributed by atoms with van der Waals surface area (Å²) in [7, 11) is 0. The summed E-state index contributed by atoms with van der Waals surface area (Å²) in [6, 6.07) is 9.90. The second kappa shape index (κ2) is 6.83. The summed E-state index contributed by atoms with van der Waals surface area (Å²) in [5, 5.41) is 13.7. The van der Waals surface area contributed by atoms with Crippen LogP contribution in [0.2, 0.25) is 0 Å². The molecule has 9 heteroatoms. The number of halogens is 3. The summed E-state index contributed by atoms with van der Waals surface area (Å²) in [5.74, 6) is -1.90. The Morgan fingerprint density at radius 1 is 1.17 bits per heavy atom. The van der Waals surface area contributed by atoms with Crippen LogP contribution in [0.3, 0.4) is 0 Å². The van der Waals surface area contributed by atoms with Crippen molar-refractivity contribution in [3.05, 3.63) is 70.0 Å². The van der Waals surface area contributed by atoms with Gasteiger partial charge in [-0.05, 0) is 52.9 Å². The number of carbonyl (C=O) groups is 1. The molecular weight excluding hydrogens is 384 g/mol. The number of tetrazole rings is 1. The van der Waals surface area contributed by atoms with Gasteiger partial charge in [-0.1, -0.05) is 15.9 Å². The van der Waals surface area contributed by atoms with E-state index in [0.717, 1.165) is 22.7 Å². The highest BCUT2D eigenvalue weighted by Crippen LogP contribution is 2.14. The van der Waals surface area contributed by atoms with Crippen molar-refractivity contribution in [3.8, 4) is 5.69 Å². The number of aromatic nitrogens is 4. The Hall–Kier alpha value is -2.68. The van der Waals surface area contributed by atoms with Crippen molar-refractivity contribution in [2.45, 2.75) is 6.54 Å². The molecule has 0 saturated carbocycles. The zero-order valence-electron chi connectivity index (χ0n) is 12.1. The van der Waals surface area contributed by atoms with Crippen molar-refractivity contribution in [1.29, 1.82) is 0 Å². The highest BCUT2D eigenvalue weighted by Gasteiger charge is 2.15. The lowest BCUT2D eigenvalue weighted by Crippen LogP contribution is -2.25. The van der Waals surface area contributed by atoms with Crippen molar-refractivity contribution >= 4 is 21.8 Å². The number of carbonyl (C=O) groups excluding carboxylic acids is 1. The van der Waals surface area contributed by atoms with E-state index < -0.39 is 17.5 Å². The first-order valence-electron chi connectivity index (χ1n) is 6.81. The van der Waals surface area contributed by atoms with Gasteiger partial charge in [0, 0.05) is 4.47 Å². The Balaban J connectivity index is 1.76. The molecule has 1 aromatic heterocycles. The SMILES string of the molecule is O=C(NCc1nnnn1-c1ccc(Br)cc1)c1cc(F)ccc1F. The number of benzene rings is 2. The summed E-state index contributed by atoms with van der Waals surface area (Å²) >= 11 is 3.33. The minimum Gasteiger partial charge on any atom is -0.345 e. The summed E-state index contributed by atoms with van der Waals surface area (Å²) in [6.45, 7) is -0.0438. The molecule has 2 aromatic carbocycles. The largest absolute Gasteiger partial charge is 0.345 e. The van der Waals surface area contributed by atoms with Crippen LogP contribution in [0, 0.1) is 11.6 Å². The van der Waals surface area contributed by atoms with Gasteiger partial charge in [-0.25, -0.2) is 8.78 Å². The predicted octanol–water partition coefficient (Wildman–Crippen LogP) is 2.63. The van der Waals surface area contributed by atoms with Gasteiger partial charge in [-0.3, -0.25) is 4.79 Å². The number of nitrogens with one attached hydrogen (secondary N) is 1. The number of hydrogen-bond acceptors (Lipinski definition) is 4. The maximum Gasteiger partial charge on any atom is 0.254 e. The van der Waals surface area contributed by atoms with Gasteiger partial charge in [-0.15, -0.1) is 5.10 Å². The maximum atomic E-state index is 13.6. The van der Waals surface area contributed by atoms with E-state index in [1.807, 2.05) is 12.1 Å². The monoisotopic (exact) mass is 393 g/mol. The summed E-state index contributed by atoms with van der Waals surface area (Å²) in [6.07, 6.45) is 0. The molecule has 0 aliphatic carbocycles. The molecule has 122 valence electrons. The van der Waals surface area contributed by atoms with E-state index in [-0.39, 0.29) is 12.1 Å². The van der Waals surface area contributed by atoms with Crippen molar-refractivity contribution in [1.82, 2.24) is 25.5 Å². The quantitative estimate of drug-likeness (QED) is 0.739. The number of rotatable bonds is 4. The van der Waals surface area contributed by atoms with Crippen LogP contribution >= 0.6 is 15.9 Å². The molecule has 1 N–H and O–H groups in total. The molecule has 3 aromatic rings. The summed E-state index contributed by atoms with van der Waals surface area (Å²) in [5.41, 5.74) is 0.321. The first-order valence-corrected chi connectivity index (χ1v) is 7.60. The third kappa shape index (κ3) is 3.46. The second-order valence-corrected chi connectivity index (χ2v) is 5.71. The Morgan fingerprint density at radius 3 is 2.67 bits per heavy atom. The minimum atomic E-state index is -0.804. The Bertz CT molecular complexity index is 882. The molecule has 0 fully saturated rings. The molecule has 0 bridgehead atoms. The molecule has 0 spiro atoms. The first kappa shape index (κ1) is 16.2. The summed E-state index contributed by atoms with van der Waals surface area (Å²) in [4.78, 5) is 12.0. The molecule has 0 aliphatic heterocycles. The molecule has 6 nitrogen and oxygen atoms in total. The van der Waals surface area contributed by atoms with Crippen LogP contribution in [0.25, 0.3) is 5.69 Å². The third-order valence-electron chi connectivity index (χ3n) is 3.19. The standard InChI is InChI=1S/C15H10BrF2N5O/c16-9-1-4-11(5-2-9)23-14(20-21-22-23)8-19-15(24)12-7-10(17)3-6-13(12)18/h1-7H,8H2,(H,19,24). The molecular formula is C15H10BrF2N5O. The van der Waals surface area contributed by atoms with E-state index in [1.54, 1.807) is 12.1 Å². The fourth-order valence-electron chi connectivity index (χ4n) is 2.02. The van der Waals surface area contributed by atoms with Gasteiger partial charge in [0.05, 0.1) is 17.8 Å². The molecule has 0 unspecified atom stereocenters. The first-order chi connectivity index (χ1) is 11.5.